The third-order valence-electron chi connectivity index (χ3n) is 5.00. The molecule has 2 heterocycles. The number of benzene rings is 2. The van der Waals surface area contributed by atoms with Crippen molar-refractivity contribution in [3.8, 4) is 0 Å². The van der Waals surface area contributed by atoms with E-state index >= 15 is 0 Å². The van der Waals surface area contributed by atoms with Crippen LogP contribution in [0.15, 0.2) is 46.7 Å². The second-order valence-electron chi connectivity index (χ2n) is 7.07. The molecule has 6 heteroatoms. The summed E-state index contributed by atoms with van der Waals surface area (Å²) in [7, 11) is 0. The first-order chi connectivity index (χ1) is 12.4. The Morgan fingerprint density at radius 1 is 0.808 bits per heavy atom. The molecule has 0 aliphatic carbocycles. The van der Waals surface area contributed by atoms with Crippen molar-refractivity contribution in [2.24, 2.45) is 10.3 Å². The fraction of sp³-hybridized carbons (Fsp3) is 0.300. The standard InChI is InChI=1S/C20H20N4O2/c1-11-7-12(2)9-16(8-11)23-19(25)17-18(20(23)26)24(22-21-17)15-6-5-13(3)14(4)10-15/h5-10,17-18H,1-4H3/t17-,18-/m1/s1. The zero-order chi connectivity index (χ0) is 18.6. The second kappa shape index (κ2) is 5.76. The van der Waals surface area contributed by atoms with Gasteiger partial charge in [-0.15, -0.1) is 0 Å². The van der Waals surface area contributed by atoms with Crippen molar-refractivity contribution in [1.82, 2.24) is 0 Å². The first-order valence-electron chi connectivity index (χ1n) is 8.60. The summed E-state index contributed by atoms with van der Waals surface area (Å²) >= 11 is 0. The Morgan fingerprint density at radius 2 is 1.50 bits per heavy atom. The smallest absolute Gasteiger partial charge is 0.263 e. The number of carbonyl (C=O) groups excluding carboxylic acids is 2. The van der Waals surface area contributed by atoms with Crippen LogP contribution in [0.2, 0.25) is 0 Å². The number of fused-ring (bicyclic) bond motifs is 1. The van der Waals surface area contributed by atoms with Gasteiger partial charge >= 0.3 is 0 Å². The molecular formula is C20H20N4O2. The largest absolute Gasteiger partial charge is 0.271 e. The van der Waals surface area contributed by atoms with E-state index < -0.39 is 12.1 Å². The van der Waals surface area contributed by atoms with E-state index in [1.54, 1.807) is 5.01 Å². The molecule has 0 saturated carbocycles. The maximum absolute atomic E-state index is 13.1. The summed E-state index contributed by atoms with van der Waals surface area (Å²) in [6.07, 6.45) is 0. The van der Waals surface area contributed by atoms with Crippen molar-refractivity contribution in [3.05, 3.63) is 58.7 Å². The van der Waals surface area contributed by atoms with E-state index in [9.17, 15) is 9.59 Å². The molecule has 132 valence electrons. The van der Waals surface area contributed by atoms with Crippen molar-refractivity contribution in [1.29, 1.82) is 0 Å². The lowest BCUT2D eigenvalue weighted by atomic mass is 10.1. The van der Waals surface area contributed by atoms with Gasteiger partial charge in [-0.25, -0.2) is 9.91 Å². The highest BCUT2D eigenvalue weighted by Crippen LogP contribution is 2.35. The minimum Gasteiger partial charge on any atom is -0.271 e. The van der Waals surface area contributed by atoms with E-state index in [0.717, 1.165) is 27.9 Å². The minimum atomic E-state index is -0.787. The van der Waals surface area contributed by atoms with E-state index in [0.29, 0.717) is 5.69 Å². The second-order valence-corrected chi connectivity index (χ2v) is 7.07. The molecule has 0 aromatic heterocycles. The first-order valence-corrected chi connectivity index (χ1v) is 8.60. The summed E-state index contributed by atoms with van der Waals surface area (Å²) in [6, 6.07) is 10.1. The highest BCUT2D eigenvalue weighted by Gasteiger charge is 2.55. The predicted molar refractivity (Wildman–Crippen MR) is 99.2 cm³/mol. The van der Waals surface area contributed by atoms with Gasteiger partial charge in [0.1, 0.15) is 0 Å². The molecule has 0 N–H and O–H groups in total. The molecule has 6 nitrogen and oxygen atoms in total. The summed E-state index contributed by atoms with van der Waals surface area (Å²) < 4.78 is 0. The van der Waals surface area contributed by atoms with Crippen LogP contribution in [0.1, 0.15) is 22.3 Å². The summed E-state index contributed by atoms with van der Waals surface area (Å²) in [5.74, 6) is -0.603. The van der Waals surface area contributed by atoms with E-state index in [2.05, 4.69) is 10.3 Å². The number of anilines is 2. The molecular weight excluding hydrogens is 328 g/mol. The third-order valence-corrected chi connectivity index (χ3v) is 5.00. The Morgan fingerprint density at radius 3 is 2.15 bits per heavy atom. The monoisotopic (exact) mass is 348 g/mol. The zero-order valence-corrected chi connectivity index (χ0v) is 15.2. The molecule has 2 aliphatic heterocycles. The van der Waals surface area contributed by atoms with Crippen LogP contribution in [-0.4, -0.2) is 23.9 Å². The third kappa shape index (κ3) is 2.41. The van der Waals surface area contributed by atoms with Crippen LogP contribution in [-0.2, 0) is 9.59 Å². The average molecular weight is 348 g/mol. The maximum atomic E-state index is 13.1. The van der Waals surface area contributed by atoms with Crippen molar-refractivity contribution >= 4 is 23.2 Å². The Labute approximate surface area is 152 Å². The van der Waals surface area contributed by atoms with Crippen LogP contribution < -0.4 is 9.91 Å². The first kappa shape index (κ1) is 16.4. The molecule has 2 amide bonds. The molecule has 0 spiro atoms. The lowest BCUT2D eigenvalue weighted by molar-refractivity contribution is -0.121. The Bertz CT molecular complexity index is 946. The van der Waals surface area contributed by atoms with Gasteiger partial charge in [-0.1, -0.05) is 17.4 Å². The zero-order valence-electron chi connectivity index (χ0n) is 15.2. The number of aryl methyl sites for hydroxylation is 4. The van der Waals surface area contributed by atoms with Crippen LogP contribution >= 0.6 is 0 Å². The maximum Gasteiger partial charge on any atom is 0.263 e. The predicted octanol–water partition coefficient (Wildman–Crippen LogP) is 3.42. The SMILES string of the molecule is Cc1cc(C)cc(N2C(=O)[C@@H]3N=NN(c4ccc(C)c(C)c4)[C@H]3C2=O)c1. The minimum absolute atomic E-state index is 0.284. The number of hydrogen-bond donors (Lipinski definition) is 0. The van der Waals surface area contributed by atoms with Gasteiger partial charge in [0, 0.05) is 0 Å². The molecule has 2 atom stereocenters. The van der Waals surface area contributed by atoms with E-state index in [4.69, 9.17) is 0 Å². The van der Waals surface area contributed by atoms with Gasteiger partial charge in [0.25, 0.3) is 11.8 Å². The van der Waals surface area contributed by atoms with Crippen molar-refractivity contribution in [2.75, 3.05) is 9.91 Å². The van der Waals surface area contributed by atoms with Gasteiger partial charge in [0.2, 0.25) is 0 Å². The van der Waals surface area contributed by atoms with Crippen molar-refractivity contribution in [3.63, 3.8) is 0 Å². The molecule has 1 saturated heterocycles. The molecule has 26 heavy (non-hydrogen) atoms. The fourth-order valence-corrected chi connectivity index (χ4v) is 3.58. The molecule has 0 bridgehead atoms. The van der Waals surface area contributed by atoms with Gasteiger partial charge < -0.3 is 0 Å². The lowest BCUT2D eigenvalue weighted by Gasteiger charge is -2.21. The fourth-order valence-electron chi connectivity index (χ4n) is 3.58. The number of amides is 2. The number of carbonyl (C=O) groups is 2. The average Bonchev–Trinajstić information content (AvgIpc) is 3.10. The van der Waals surface area contributed by atoms with Crippen LogP contribution in [0.4, 0.5) is 11.4 Å². The van der Waals surface area contributed by atoms with Crippen LogP contribution in [0, 0.1) is 27.7 Å². The Hall–Kier alpha value is -3.02. The van der Waals surface area contributed by atoms with E-state index in [1.165, 1.54) is 4.90 Å². The Balaban J connectivity index is 1.72. The van der Waals surface area contributed by atoms with Crippen LogP contribution in [0.5, 0.6) is 0 Å². The van der Waals surface area contributed by atoms with Crippen molar-refractivity contribution in [2.45, 2.75) is 39.8 Å². The molecule has 1 fully saturated rings. The van der Waals surface area contributed by atoms with E-state index in [1.807, 2.05) is 64.1 Å². The molecule has 2 aliphatic rings. The van der Waals surface area contributed by atoms with Crippen molar-refractivity contribution < 1.29 is 9.59 Å². The van der Waals surface area contributed by atoms with Gasteiger partial charge in [-0.3, -0.25) is 9.59 Å². The topological polar surface area (TPSA) is 65.3 Å². The van der Waals surface area contributed by atoms with Gasteiger partial charge in [-0.05, 0) is 74.2 Å². The molecule has 2 aromatic carbocycles. The number of rotatable bonds is 2. The highest BCUT2D eigenvalue weighted by atomic mass is 16.2. The molecule has 4 rings (SSSR count). The lowest BCUT2D eigenvalue weighted by Crippen LogP contribution is -2.40. The van der Waals surface area contributed by atoms with Gasteiger partial charge in [0.05, 0.1) is 11.4 Å². The quantitative estimate of drug-likeness (QED) is 0.781. The summed E-state index contributed by atoms with van der Waals surface area (Å²) in [6.45, 7) is 7.93. The molecule has 0 unspecified atom stereocenters. The van der Waals surface area contributed by atoms with Crippen LogP contribution in [0.25, 0.3) is 0 Å². The number of hydrogen-bond acceptors (Lipinski definition) is 5. The summed E-state index contributed by atoms with van der Waals surface area (Å²) in [5.41, 5.74) is 5.64. The van der Waals surface area contributed by atoms with E-state index in [-0.39, 0.29) is 11.8 Å². The Kier molecular flexibility index (Phi) is 3.64. The molecule has 0 radical (unpaired) electrons. The van der Waals surface area contributed by atoms with Gasteiger partial charge in [0.15, 0.2) is 12.1 Å². The highest BCUT2D eigenvalue weighted by molar-refractivity contribution is 6.26. The van der Waals surface area contributed by atoms with Gasteiger partial charge in [-0.2, -0.15) is 5.11 Å². The summed E-state index contributed by atoms with van der Waals surface area (Å²) in [5, 5.41) is 9.78. The molecule has 2 aromatic rings. The summed E-state index contributed by atoms with van der Waals surface area (Å²) in [4.78, 5) is 27.2. The van der Waals surface area contributed by atoms with Crippen LogP contribution in [0.3, 0.4) is 0 Å². The number of imide groups is 1. The number of nitrogens with zero attached hydrogens (tertiary/aromatic N) is 4. The normalized spacial score (nSPS) is 21.7.